The first-order valence-corrected chi connectivity index (χ1v) is 6.54. The average molecular weight is 246 g/mol. The molecule has 1 aromatic carbocycles. The lowest BCUT2D eigenvalue weighted by Crippen LogP contribution is -1.99. The van der Waals surface area contributed by atoms with Crippen LogP contribution >= 0.6 is 0 Å². The van der Waals surface area contributed by atoms with Gasteiger partial charge in [-0.2, -0.15) is 0 Å². The van der Waals surface area contributed by atoms with Crippen molar-refractivity contribution in [1.82, 2.24) is 0 Å². The molecule has 96 valence electrons. The fourth-order valence-corrected chi connectivity index (χ4v) is 2.22. The second kappa shape index (κ2) is 6.50. The number of aliphatic hydroxyl groups excluding tert-OH is 1. The molecule has 0 heterocycles. The van der Waals surface area contributed by atoms with Crippen LogP contribution in [0.5, 0.6) is 0 Å². The van der Waals surface area contributed by atoms with E-state index < -0.39 is 6.10 Å². The minimum absolute atomic E-state index is 0.255. The Morgan fingerprint density at radius 2 is 1.94 bits per heavy atom. The summed E-state index contributed by atoms with van der Waals surface area (Å²) in [7, 11) is 0. The van der Waals surface area contributed by atoms with Crippen molar-refractivity contribution in [2.75, 3.05) is 0 Å². The van der Waals surface area contributed by atoms with Crippen LogP contribution in [0.15, 0.2) is 42.0 Å². The Bertz CT molecular complexity index is 440. The Morgan fingerprint density at radius 3 is 2.67 bits per heavy atom. The molecule has 1 aromatic rings. The van der Waals surface area contributed by atoms with Crippen molar-refractivity contribution in [3.05, 3.63) is 53.4 Å². The van der Waals surface area contributed by atoms with Gasteiger partial charge in [-0.1, -0.05) is 42.0 Å². The van der Waals surface area contributed by atoms with E-state index >= 15 is 0 Å². The van der Waals surface area contributed by atoms with Gasteiger partial charge in [0.25, 0.3) is 0 Å². The van der Waals surface area contributed by atoms with E-state index in [1.165, 1.54) is 37.3 Å². The van der Waals surface area contributed by atoms with Gasteiger partial charge in [0.1, 0.15) is 5.82 Å². The van der Waals surface area contributed by atoms with Gasteiger partial charge in [0, 0.05) is 5.56 Å². The molecule has 1 saturated carbocycles. The largest absolute Gasteiger partial charge is 0.389 e. The Hall–Kier alpha value is -1.41. The highest BCUT2D eigenvalue weighted by molar-refractivity contribution is 5.50. The molecule has 1 fully saturated rings. The fourth-order valence-electron chi connectivity index (χ4n) is 2.22. The molecule has 1 nitrogen and oxygen atoms in total. The molecule has 0 amide bonds. The standard InChI is InChI=1S/C16H19FO/c17-16-8-4-3-7-14(16)10-12-15(18)11-9-13-5-1-2-6-13/h3-4,7-10,12,15,18H,1-2,5-6,11H2/b12-10+. The van der Waals surface area contributed by atoms with Crippen molar-refractivity contribution >= 4 is 6.08 Å². The molecule has 0 bridgehead atoms. The maximum atomic E-state index is 13.3. The molecule has 0 radical (unpaired) electrons. The van der Waals surface area contributed by atoms with E-state index in [4.69, 9.17) is 0 Å². The summed E-state index contributed by atoms with van der Waals surface area (Å²) < 4.78 is 13.3. The number of halogens is 1. The van der Waals surface area contributed by atoms with E-state index in [1.807, 2.05) is 0 Å². The van der Waals surface area contributed by atoms with Crippen LogP contribution in [0.25, 0.3) is 6.08 Å². The summed E-state index contributed by atoms with van der Waals surface area (Å²) in [6.45, 7) is 0. The van der Waals surface area contributed by atoms with Gasteiger partial charge < -0.3 is 5.11 Å². The van der Waals surface area contributed by atoms with Gasteiger partial charge in [-0.05, 0) is 38.2 Å². The molecule has 0 aliphatic heterocycles. The molecular formula is C16H19FO. The second-order valence-electron chi connectivity index (χ2n) is 4.75. The third kappa shape index (κ3) is 3.81. The molecule has 18 heavy (non-hydrogen) atoms. The van der Waals surface area contributed by atoms with Gasteiger partial charge in [0.2, 0.25) is 0 Å². The zero-order chi connectivity index (χ0) is 12.8. The van der Waals surface area contributed by atoms with E-state index in [0.717, 1.165) is 0 Å². The predicted octanol–water partition coefficient (Wildman–Crippen LogP) is 4.09. The van der Waals surface area contributed by atoms with Crippen molar-refractivity contribution in [3.8, 4) is 0 Å². The number of aliphatic hydroxyl groups is 1. The normalized spacial score (nSPS) is 17.3. The molecule has 1 aliphatic rings. The van der Waals surface area contributed by atoms with Gasteiger partial charge >= 0.3 is 0 Å². The van der Waals surface area contributed by atoms with Gasteiger partial charge in [-0.15, -0.1) is 0 Å². The van der Waals surface area contributed by atoms with E-state index in [0.29, 0.717) is 12.0 Å². The van der Waals surface area contributed by atoms with Crippen LogP contribution in [0.1, 0.15) is 37.7 Å². The first-order chi connectivity index (χ1) is 8.75. The van der Waals surface area contributed by atoms with Crippen molar-refractivity contribution in [1.29, 1.82) is 0 Å². The maximum Gasteiger partial charge on any atom is 0.130 e. The Kier molecular flexibility index (Phi) is 4.71. The lowest BCUT2D eigenvalue weighted by atomic mass is 10.1. The number of hydrogen-bond donors (Lipinski definition) is 1. The van der Waals surface area contributed by atoms with Crippen molar-refractivity contribution < 1.29 is 9.50 Å². The molecular weight excluding hydrogens is 227 g/mol. The monoisotopic (exact) mass is 246 g/mol. The van der Waals surface area contributed by atoms with Crippen molar-refractivity contribution in [2.24, 2.45) is 0 Å². The summed E-state index contributed by atoms with van der Waals surface area (Å²) in [4.78, 5) is 0. The van der Waals surface area contributed by atoms with Crippen LogP contribution in [0.2, 0.25) is 0 Å². The fraction of sp³-hybridized carbons (Fsp3) is 0.375. The molecule has 1 atom stereocenters. The third-order valence-corrected chi connectivity index (χ3v) is 3.30. The highest BCUT2D eigenvalue weighted by Crippen LogP contribution is 2.24. The predicted molar refractivity (Wildman–Crippen MR) is 72.6 cm³/mol. The summed E-state index contributed by atoms with van der Waals surface area (Å²) >= 11 is 0. The highest BCUT2D eigenvalue weighted by atomic mass is 19.1. The third-order valence-electron chi connectivity index (χ3n) is 3.30. The number of hydrogen-bond acceptors (Lipinski definition) is 1. The molecule has 0 spiro atoms. The Labute approximate surface area is 108 Å². The smallest absolute Gasteiger partial charge is 0.130 e. The second-order valence-corrected chi connectivity index (χ2v) is 4.75. The molecule has 2 rings (SSSR count). The SMILES string of the molecule is OC(/C=C/c1ccccc1F)CC=C1CCCC1. The first kappa shape index (κ1) is 13.0. The van der Waals surface area contributed by atoms with Gasteiger partial charge in [0.15, 0.2) is 0 Å². The molecule has 2 heteroatoms. The summed E-state index contributed by atoms with van der Waals surface area (Å²) in [5.41, 5.74) is 1.97. The van der Waals surface area contributed by atoms with Crippen LogP contribution in [0, 0.1) is 5.82 Å². The number of rotatable bonds is 4. The van der Waals surface area contributed by atoms with Crippen LogP contribution in [-0.2, 0) is 0 Å². The summed E-state index contributed by atoms with van der Waals surface area (Å²) in [5.74, 6) is -0.255. The molecule has 0 saturated heterocycles. The van der Waals surface area contributed by atoms with E-state index in [9.17, 15) is 9.50 Å². The molecule has 1 unspecified atom stereocenters. The topological polar surface area (TPSA) is 20.2 Å². The van der Waals surface area contributed by atoms with Crippen LogP contribution in [0.3, 0.4) is 0 Å². The quantitative estimate of drug-likeness (QED) is 0.793. The van der Waals surface area contributed by atoms with Gasteiger partial charge in [-0.25, -0.2) is 4.39 Å². The van der Waals surface area contributed by atoms with E-state index in [-0.39, 0.29) is 5.82 Å². The lowest BCUT2D eigenvalue weighted by molar-refractivity contribution is 0.227. The molecule has 1 N–H and O–H groups in total. The van der Waals surface area contributed by atoms with Crippen LogP contribution < -0.4 is 0 Å². The lowest BCUT2D eigenvalue weighted by Gasteiger charge is -2.03. The average Bonchev–Trinajstić information content (AvgIpc) is 2.88. The highest BCUT2D eigenvalue weighted by Gasteiger charge is 2.06. The molecule has 1 aliphatic carbocycles. The first-order valence-electron chi connectivity index (χ1n) is 6.54. The zero-order valence-corrected chi connectivity index (χ0v) is 10.5. The zero-order valence-electron chi connectivity index (χ0n) is 10.5. The van der Waals surface area contributed by atoms with E-state index in [1.54, 1.807) is 30.4 Å². The van der Waals surface area contributed by atoms with Crippen LogP contribution in [0.4, 0.5) is 4.39 Å². The summed E-state index contributed by atoms with van der Waals surface area (Å²) in [6.07, 6.45) is 10.4. The van der Waals surface area contributed by atoms with Gasteiger partial charge in [-0.3, -0.25) is 0 Å². The minimum Gasteiger partial charge on any atom is -0.389 e. The Balaban J connectivity index is 1.89. The van der Waals surface area contributed by atoms with Crippen molar-refractivity contribution in [2.45, 2.75) is 38.2 Å². The molecule has 0 aromatic heterocycles. The minimum atomic E-state index is -0.530. The summed E-state index contributed by atoms with van der Waals surface area (Å²) in [6, 6.07) is 6.57. The summed E-state index contributed by atoms with van der Waals surface area (Å²) in [5, 5.41) is 9.81. The Morgan fingerprint density at radius 1 is 1.22 bits per heavy atom. The number of allylic oxidation sites excluding steroid dienone is 1. The van der Waals surface area contributed by atoms with E-state index in [2.05, 4.69) is 6.08 Å². The number of benzene rings is 1. The van der Waals surface area contributed by atoms with Crippen molar-refractivity contribution in [3.63, 3.8) is 0 Å². The van der Waals surface area contributed by atoms with Crippen LogP contribution in [-0.4, -0.2) is 11.2 Å². The van der Waals surface area contributed by atoms with Gasteiger partial charge in [0.05, 0.1) is 6.10 Å². The maximum absolute atomic E-state index is 13.3.